The van der Waals surface area contributed by atoms with E-state index in [1.54, 1.807) is 0 Å². The second kappa shape index (κ2) is 8.37. The number of piperidine rings is 1. The van der Waals surface area contributed by atoms with Crippen molar-refractivity contribution in [3.05, 3.63) is 39.8 Å². The molecule has 2 heterocycles. The van der Waals surface area contributed by atoms with Crippen LogP contribution >= 0.6 is 11.3 Å². The smallest absolute Gasteiger partial charge is 0.306 e. The lowest BCUT2D eigenvalue weighted by Gasteiger charge is -2.28. The Morgan fingerprint density at radius 3 is 2.54 bits per heavy atom. The third-order valence-corrected chi connectivity index (χ3v) is 5.48. The van der Waals surface area contributed by atoms with Crippen molar-refractivity contribution in [1.29, 1.82) is 0 Å². The Kier molecular flexibility index (Phi) is 5.95. The van der Waals surface area contributed by atoms with Gasteiger partial charge in [-0.2, -0.15) is 0 Å². The summed E-state index contributed by atoms with van der Waals surface area (Å²) < 4.78 is 0. The van der Waals surface area contributed by atoms with E-state index in [1.807, 2.05) is 24.3 Å². The first kappa shape index (κ1) is 18.5. The molecule has 26 heavy (non-hydrogen) atoms. The fourth-order valence-corrected chi connectivity index (χ4v) is 3.72. The van der Waals surface area contributed by atoms with Crippen LogP contribution < -0.4 is 5.32 Å². The van der Waals surface area contributed by atoms with Gasteiger partial charge in [-0.25, -0.2) is 0 Å². The monoisotopic (exact) mass is 374 g/mol. The molecule has 0 saturated carbocycles. The first-order valence-corrected chi connectivity index (χ1v) is 9.54. The number of nitrogens with zero attached hydrogens (tertiary/aromatic N) is 3. The molecule has 2 N–H and O–H groups in total. The van der Waals surface area contributed by atoms with Gasteiger partial charge in [-0.3, -0.25) is 14.5 Å². The third-order valence-electron chi connectivity index (χ3n) is 4.58. The maximum atomic E-state index is 12.3. The fraction of sp³-hybridized carbons (Fsp3) is 0.444. The van der Waals surface area contributed by atoms with Crippen LogP contribution in [-0.2, 0) is 17.8 Å². The van der Waals surface area contributed by atoms with Gasteiger partial charge in [0.2, 0.25) is 5.01 Å². The van der Waals surface area contributed by atoms with Crippen LogP contribution in [0, 0.1) is 5.92 Å². The van der Waals surface area contributed by atoms with E-state index in [0.717, 1.165) is 30.2 Å². The van der Waals surface area contributed by atoms with Crippen molar-refractivity contribution >= 4 is 28.9 Å². The highest BCUT2D eigenvalue weighted by molar-refractivity contribution is 7.13. The number of carboxylic acids is 1. The largest absolute Gasteiger partial charge is 0.481 e. The zero-order valence-electron chi connectivity index (χ0n) is 14.6. The van der Waals surface area contributed by atoms with E-state index in [-0.39, 0.29) is 11.8 Å². The minimum atomic E-state index is -0.716. The quantitative estimate of drug-likeness (QED) is 0.807. The number of likely N-dealkylation sites (tertiary alicyclic amines) is 1. The van der Waals surface area contributed by atoms with Gasteiger partial charge < -0.3 is 10.4 Å². The lowest BCUT2D eigenvalue weighted by molar-refractivity contribution is -0.143. The molecule has 0 unspecified atom stereocenters. The number of hydrogen-bond acceptors (Lipinski definition) is 6. The summed E-state index contributed by atoms with van der Waals surface area (Å²) in [7, 11) is 0. The molecule has 0 aliphatic carbocycles. The van der Waals surface area contributed by atoms with Gasteiger partial charge >= 0.3 is 5.97 Å². The molecule has 1 fully saturated rings. The molecule has 7 nitrogen and oxygen atoms in total. The predicted molar refractivity (Wildman–Crippen MR) is 99.3 cm³/mol. The maximum Gasteiger partial charge on any atom is 0.306 e. The first-order chi connectivity index (χ1) is 12.5. The average molecular weight is 374 g/mol. The molecule has 1 aliphatic heterocycles. The molecule has 3 rings (SSSR count). The molecule has 2 aromatic rings. The van der Waals surface area contributed by atoms with E-state index in [0.29, 0.717) is 24.4 Å². The van der Waals surface area contributed by atoms with Gasteiger partial charge in [0, 0.05) is 5.69 Å². The summed E-state index contributed by atoms with van der Waals surface area (Å²) >= 11 is 1.28. The van der Waals surface area contributed by atoms with Crippen LogP contribution in [0.5, 0.6) is 0 Å². The molecule has 1 aromatic carbocycles. The number of carboxylic acid groups (broad SMARTS) is 1. The predicted octanol–water partition coefficient (Wildman–Crippen LogP) is 2.65. The van der Waals surface area contributed by atoms with Crippen molar-refractivity contribution in [3.8, 4) is 0 Å². The second-order valence-corrected chi connectivity index (χ2v) is 7.46. The van der Waals surface area contributed by atoms with E-state index in [2.05, 4.69) is 27.3 Å². The molecule has 1 saturated heterocycles. The molecule has 0 atom stereocenters. The number of hydrogen-bond donors (Lipinski definition) is 2. The van der Waals surface area contributed by atoms with E-state index in [9.17, 15) is 9.59 Å². The highest BCUT2D eigenvalue weighted by atomic mass is 32.1. The molecular formula is C18H22N4O3S. The Morgan fingerprint density at radius 2 is 1.92 bits per heavy atom. The Labute approximate surface area is 156 Å². The number of benzene rings is 1. The van der Waals surface area contributed by atoms with Crippen LogP contribution in [0.25, 0.3) is 0 Å². The summed E-state index contributed by atoms with van der Waals surface area (Å²) in [4.78, 5) is 25.5. The van der Waals surface area contributed by atoms with Crippen LogP contribution in [0.15, 0.2) is 24.3 Å². The number of amides is 1. The lowest BCUT2D eigenvalue weighted by Crippen LogP contribution is -2.35. The number of carbonyl (C=O) groups excluding carboxylic acids is 1. The van der Waals surface area contributed by atoms with Gasteiger partial charge in [-0.05, 0) is 50.0 Å². The van der Waals surface area contributed by atoms with E-state index >= 15 is 0 Å². The van der Waals surface area contributed by atoms with Gasteiger partial charge in [-0.15, -0.1) is 10.2 Å². The first-order valence-electron chi connectivity index (χ1n) is 8.73. The Bertz CT molecular complexity index is 767. The summed E-state index contributed by atoms with van der Waals surface area (Å²) in [5, 5.41) is 21.1. The zero-order chi connectivity index (χ0) is 18.5. The van der Waals surface area contributed by atoms with Crippen molar-refractivity contribution in [2.24, 2.45) is 5.92 Å². The lowest BCUT2D eigenvalue weighted by atomic mass is 9.97. The summed E-state index contributed by atoms with van der Waals surface area (Å²) in [6.07, 6.45) is 2.25. The molecule has 1 amide bonds. The molecule has 0 bridgehead atoms. The van der Waals surface area contributed by atoms with E-state index in [4.69, 9.17) is 5.11 Å². The minimum Gasteiger partial charge on any atom is -0.481 e. The van der Waals surface area contributed by atoms with Gasteiger partial charge in [0.05, 0.1) is 12.5 Å². The Morgan fingerprint density at radius 1 is 1.23 bits per heavy atom. The van der Waals surface area contributed by atoms with Crippen LogP contribution in [0.3, 0.4) is 0 Å². The molecule has 0 radical (unpaired) electrons. The normalized spacial score (nSPS) is 15.7. The Hall–Kier alpha value is -2.32. The van der Waals surface area contributed by atoms with Crippen molar-refractivity contribution < 1.29 is 14.7 Å². The third kappa shape index (κ3) is 4.64. The number of aromatic nitrogens is 2. The van der Waals surface area contributed by atoms with Crippen molar-refractivity contribution in [2.45, 2.75) is 32.7 Å². The molecule has 8 heteroatoms. The molecule has 1 aliphatic rings. The average Bonchev–Trinajstić information content (AvgIpc) is 3.11. The fourth-order valence-electron chi connectivity index (χ4n) is 2.95. The van der Waals surface area contributed by atoms with Gasteiger partial charge in [-0.1, -0.05) is 30.4 Å². The number of aryl methyl sites for hydroxylation is 1. The van der Waals surface area contributed by atoms with Crippen LogP contribution in [-0.4, -0.2) is 45.2 Å². The van der Waals surface area contributed by atoms with Crippen LogP contribution in [0.1, 0.15) is 40.1 Å². The summed E-state index contributed by atoms with van der Waals surface area (Å²) in [6, 6.07) is 7.74. The van der Waals surface area contributed by atoms with Crippen LogP contribution in [0.2, 0.25) is 0 Å². The standard InChI is InChI=1S/C18H22N4O3S/c1-2-12-3-5-14(6-4-12)19-16(23)17-21-20-15(26-17)11-22-9-7-13(8-10-22)18(24)25/h3-6,13H,2,7-11H2,1H3,(H,19,23)(H,24,25). The molecule has 1 aromatic heterocycles. The van der Waals surface area contributed by atoms with E-state index in [1.165, 1.54) is 16.9 Å². The van der Waals surface area contributed by atoms with Crippen molar-refractivity contribution in [2.75, 3.05) is 18.4 Å². The topological polar surface area (TPSA) is 95.4 Å². The number of carbonyl (C=O) groups is 2. The van der Waals surface area contributed by atoms with Crippen LogP contribution in [0.4, 0.5) is 5.69 Å². The van der Waals surface area contributed by atoms with Gasteiger partial charge in [0.15, 0.2) is 0 Å². The number of anilines is 1. The maximum absolute atomic E-state index is 12.3. The minimum absolute atomic E-state index is 0.249. The molecule has 138 valence electrons. The SMILES string of the molecule is CCc1ccc(NC(=O)c2nnc(CN3CCC(C(=O)O)CC3)s2)cc1. The van der Waals surface area contributed by atoms with Crippen molar-refractivity contribution in [1.82, 2.24) is 15.1 Å². The summed E-state index contributed by atoms with van der Waals surface area (Å²) in [5.41, 5.74) is 1.95. The highest BCUT2D eigenvalue weighted by Gasteiger charge is 2.25. The number of aliphatic carboxylic acids is 1. The molecular weight excluding hydrogens is 352 g/mol. The van der Waals surface area contributed by atoms with Crippen molar-refractivity contribution in [3.63, 3.8) is 0 Å². The Balaban J connectivity index is 1.54. The zero-order valence-corrected chi connectivity index (χ0v) is 15.5. The van der Waals surface area contributed by atoms with Gasteiger partial charge in [0.25, 0.3) is 5.91 Å². The molecule has 0 spiro atoms. The second-order valence-electron chi connectivity index (χ2n) is 6.39. The number of rotatable bonds is 6. The number of nitrogens with one attached hydrogen (secondary N) is 1. The highest BCUT2D eigenvalue weighted by Crippen LogP contribution is 2.21. The van der Waals surface area contributed by atoms with Gasteiger partial charge in [0.1, 0.15) is 5.01 Å². The summed E-state index contributed by atoms with van der Waals surface area (Å²) in [5.74, 6) is -1.23. The van der Waals surface area contributed by atoms with E-state index < -0.39 is 5.97 Å². The summed E-state index contributed by atoms with van der Waals surface area (Å²) in [6.45, 7) is 4.13.